The van der Waals surface area contributed by atoms with Gasteiger partial charge in [0.05, 0.1) is 0 Å². The second-order valence-corrected chi connectivity index (χ2v) is 7.78. The number of aromatic nitrogens is 1. The number of piperidine rings is 2. The lowest BCUT2D eigenvalue weighted by atomic mass is 9.72. The van der Waals surface area contributed by atoms with Crippen LogP contribution in [0.3, 0.4) is 0 Å². The lowest BCUT2D eigenvalue weighted by molar-refractivity contribution is -0.155. The molecule has 1 aromatic heterocycles. The number of carbonyl (C=O) groups is 3. The molecule has 7 nitrogen and oxygen atoms in total. The SMILES string of the molecule is C[C@@H](C(=O)O)N1CC2(CCC1=O)CCN(C(=O)CCc1cccnc1)CC2. The minimum Gasteiger partial charge on any atom is -0.480 e. The number of nitrogens with zero attached hydrogens (tertiary/aromatic N) is 3. The summed E-state index contributed by atoms with van der Waals surface area (Å²) in [4.78, 5) is 43.5. The Bertz CT molecular complexity index is 698. The van der Waals surface area contributed by atoms with E-state index < -0.39 is 12.0 Å². The number of pyridine rings is 1. The third-order valence-electron chi connectivity index (χ3n) is 6.05. The van der Waals surface area contributed by atoms with Crippen LogP contribution in [0.1, 0.15) is 44.6 Å². The summed E-state index contributed by atoms with van der Waals surface area (Å²) in [5, 5.41) is 9.26. The fourth-order valence-electron chi connectivity index (χ4n) is 4.12. The lowest BCUT2D eigenvalue weighted by Gasteiger charge is -2.48. The molecule has 0 aromatic carbocycles. The number of aliphatic carboxylic acids is 1. The number of aryl methyl sites for hydroxylation is 1. The first-order valence-corrected chi connectivity index (χ1v) is 9.59. The number of carboxylic acids is 1. The maximum absolute atomic E-state index is 12.5. The number of likely N-dealkylation sites (tertiary alicyclic amines) is 2. The van der Waals surface area contributed by atoms with Crippen LogP contribution in [0.4, 0.5) is 0 Å². The highest BCUT2D eigenvalue weighted by Gasteiger charge is 2.43. The van der Waals surface area contributed by atoms with Gasteiger partial charge in [0, 0.05) is 44.9 Å². The van der Waals surface area contributed by atoms with Crippen molar-refractivity contribution in [3.8, 4) is 0 Å². The van der Waals surface area contributed by atoms with Crippen LogP contribution in [-0.4, -0.2) is 63.4 Å². The molecule has 2 amide bonds. The van der Waals surface area contributed by atoms with Crippen molar-refractivity contribution in [2.45, 2.75) is 51.5 Å². The second-order valence-electron chi connectivity index (χ2n) is 7.78. The molecule has 3 rings (SSSR count). The van der Waals surface area contributed by atoms with Crippen LogP contribution < -0.4 is 0 Å². The standard InChI is InChI=1S/C20H27N3O4/c1-15(19(26)27)23-14-20(7-6-18(23)25)8-11-22(12-9-20)17(24)5-4-16-3-2-10-21-13-16/h2-3,10,13,15H,4-9,11-12,14H2,1H3,(H,26,27)/t15-/m0/s1. The summed E-state index contributed by atoms with van der Waals surface area (Å²) < 4.78 is 0. The van der Waals surface area contributed by atoms with E-state index in [2.05, 4.69) is 4.98 Å². The zero-order valence-corrected chi connectivity index (χ0v) is 15.8. The number of carboxylic acid groups (broad SMARTS) is 1. The van der Waals surface area contributed by atoms with Gasteiger partial charge >= 0.3 is 5.97 Å². The molecular weight excluding hydrogens is 346 g/mol. The van der Waals surface area contributed by atoms with E-state index in [1.54, 1.807) is 19.3 Å². The Morgan fingerprint density at radius 2 is 2.04 bits per heavy atom. The molecule has 146 valence electrons. The molecule has 1 atom stereocenters. The Morgan fingerprint density at radius 1 is 1.30 bits per heavy atom. The van der Waals surface area contributed by atoms with Gasteiger partial charge in [0.15, 0.2) is 0 Å². The monoisotopic (exact) mass is 373 g/mol. The summed E-state index contributed by atoms with van der Waals surface area (Å²) in [5.74, 6) is -0.898. The molecule has 2 aliphatic heterocycles. The highest BCUT2D eigenvalue weighted by Crippen LogP contribution is 2.40. The summed E-state index contributed by atoms with van der Waals surface area (Å²) >= 11 is 0. The Kier molecular flexibility index (Phi) is 5.77. The number of carbonyl (C=O) groups excluding carboxylic acids is 2. The van der Waals surface area contributed by atoms with Gasteiger partial charge in [-0.25, -0.2) is 4.79 Å². The van der Waals surface area contributed by atoms with Crippen LogP contribution in [0.2, 0.25) is 0 Å². The van der Waals surface area contributed by atoms with Crippen molar-refractivity contribution >= 4 is 17.8 Å². The molecule has 2 saturated heterocycles. The van der Waals surface area contributed by atoms with Crippen molar-refractivity contribution in [2.24, 2.45) is 5.41 Å². The van der Waals surface area contributed by atoms with E-state index in [1.807, 2.05) is 17.0 Å². The topological polar surface area (TPSA) is 90.8 Å². The van der Waals surface area contributed by atoms with Crippen LogP contribution in [0.15, 0.2) is 24.5 Å². The molecule has 1 N–H and O–H groups in total. The van der Waals surface area contributed by atoms with Gasteiger partial charge in [0.2, 0.25) is 11.8 Å². The van der Waals surface area contributed by atoms with Crippen LogP contribution in [0.5, 0.6) is 0 Å². The minimum absolute atomic E-state index is 0.0578. The molecule has 0 radical (unpaired) electrons. The predicted molar refractivity (Wildman–Crippen MR) is 98.8 cm³/mol. The summed E-state index contributed by atoms with van der Waals surface area (Å²) in [7, 11) is 0. The second kappa shape index (κ2) is 8.06. The quantitative estimate of drug-likeness (QED) is 0.849. The third-order valence-corrected chi connectivity index (χ3v) is 6.05. The van der Waals surface area contributed by atoms with Crippen molar-refractivity contribution in [1.82, 2.24) is 14.8 Å². The Hall–Kier alpha value is -2.44. The van der Waals surface area contributed by atoms with Crippen molar-refractivity contribution < 1.29 is 19.5 Å². The van der Waals surface area contributed by atoms with Gasteiger partial charge in [-0.1, -0.05) is 6.07 Å². The lowest BCUT2D eigenvalue weighted by Crippen LogP contribution is -2.55. The highest BCUT2D eigenvalue weighted by molar-refractivity contribution is 5.84. The smallest absolute Gasteiger partial charge is 0.326 e. The van der Waals surface area contributed by atoms with Gasteiger partial charge < -0.3 is 14.9 Å². The van der Waals surface area contributed by atoms with Crippen molar-refractivity contribution in [3.05, 3.63) is 30.1 Å². The van der Waals surface area contributed by atoms with Gasteiger partial charge in [0.25, 0.3) is 0 Å². The highest BCUT2D eigenvalue weighted by atomic mass is 16.4. The van der Waals surface area contributed by atoms with E-state index in [0.29, 0.717) is 38.9 Å². The van der Waals surface area contributed by atoms with Crippen LogP contribution in [-0.2, 0) is 20.8 Å². The molecule has 1 aromatic rings. The predicted octanol–water partition coefficient (Wildman–Crippen LogP) is 1.72. The number of hydrogen-bond donors (Lipinski definition) is 1. The largest absolute Gasteiger partial charge is 0.480 e. The van der Waals surface area contributed by atoms with Crippen molar-refractivity contribution in [1.29, 1.82) is 0 Å². The summed E-state index contributed by atoms with van der Waals surface area (Å²) in [6, 6.07) is 3.05. The summed E-state index contributed by atoms with van der Waals surface area (Å²) in [5.41, 5.74) is 1.00. The average Bonchev–Trinajstić information content (AvgIpc) is 2.69. The van der Waals surface area contributed by atoms with E-state index in [4.69, 9.17) is 0 Å². The normalized spacial score (nSPS) is 20.6. The van der Waals surface area contributed by atoms with Gasteiger partial charge in [-0.05, 0) is 49.7 Å². The molecule has 0 saturated carbocycles. The molecule has 0 aliphatic carbocycles. The Morgan fingerprint density at radius 3 is 2.67 bits per heavy atom. The van der Waals surface area contributed by atoms with Crippen molar-refractivity contribution in [3.63, 3.8) is 0 Å². The van der Waals surface area contributed by atoms with Gasteiger partial charge in [-0.3, -0.25) is 14.6 Å². The number of rotatable bonds is 5. The fraction of sp³-hybridized carbons (Fsp3) is 0.600. The summed E-state index contributed by atoms with van der Waals surface area (Å²) in [6.07, 6.45) is 7.49. The molecule has 27 heavy (non-hydrogen) atoms. The third kappa shape index (κ3) is 4.46. The van der Waals surface area contributed by atoms with Gasteiger partial charge in [-0.2, -0.15) is 0 Å². The molecule has 2 aliphatic rings. The van der Waals surface area contributed by atoms with Gasteiger partial charge in [0.1, 0.15) is 6.04 Å². The first-order valence-electron chi connectivity index (χ1n) is 9.59. The molecule has 1 spiro atoms. The zero-order chi connectivity index (χ0) is 19.4. The maximum Gasteiger partial charge on any atom is 0.326 e. The average molecular weight is 373 g/mol. The Labute approximate surface area is 159 Å². The van der Waals surface area contributed by atoms with E-state index >= 15 is 0 Å². The van der Waals surface area contributed by atoms with E-state index in [-0.39, 0.29) is 17.2 Å². The van der Waals surface area contributed by atoms with E-state index in [0.717, 1.165) is 24.8 Å². The molecular formula is C20H27N3O4. The molecule has 3 heterocycles. The van der Waals surface area contributed by atoms with Gasteiger partial charge in [-0.15, -0.1) is 0 Å². The van der Waals surface area contributed by atoms with Crippen LogP contribution >= 0.6 is 0 Å². The van der Waals surface area contributed by atoms with E-state index in [9.17, 15) is 19.5 Å². The molecule has 0 unspecified atom stereocenters. The van der Waals surface area contributed by atoms with Crippen molar-refractivity contribution in [2.75, 3.05) is 19.6 Å². The molecule has 0 bridgehead atoms. The van der Waals surface area contributed by atoms with E-state index in [1.165, 1.54) is 4.90 Å². The Balaban J connectivity index is 1.53. The first-order chi connectivity index (χ1) is 12.9. The number of amides is 2. The molecule has 2 fully saturated rings. The number of hydrogen-bond acceptors (Lipinski definition) is 4. The minimum atomic E-state index is -0.969. The fourth-order valence-corrected chi connectivity index (χ4v) is 4.12. The maximum atomic E-state index is 12.5. The summed E-state index contributed by atoms with van der Waals surface area (Å²) in [6.45, 7) is 3.40. The first kappa shape index (κ1) is 19.3. The van der Waals surface area contributed by atoms with Crippen LogP contribution in [0.25, 0.3) is 0 Å². The zero-order valence-electron chi connectivity index (χ0n) is 15.8. The van der Waals surface area contributed by atoms with Crippen LogP contribution in [0, 0.1) is 5.41 Å². The molecule has 7 heteroatoms.